The van der Waals surface area contributed by atoms with Crippen molar-refractivity contribution in [3.63, 3.8) is 0 Å². The first-order valence-electron chi connectivity index (χ1n) is 7.59. The van der Waals surface area contributed by atoms with Crippen LogP contribution in [0.25, 0.3) is 10.9 Å². The molecule has 6 nitrogen and oxygen atoms in total. The third kappa shape index (κ3) is 3.83. The van der Waals surface area contributed by atoms with Crippen molar-refractivity contribution in [2.24, 2.45) is 5.73 Å². The van der Waals surface area contributed by atoms with E-state index in [0.29, 0.717) is 21.1 Å². The number of carbonyl (C=O) groups excluding carboxylic acids is 2. The van der Waals surface area contributed by atoms with E-state index in [0.717, 1.165) is 5.56 Å². The molecule has 25 heavy (non-hydrogen) atoms. The normalized spacial score (nSPS) is 11.9. The van der Waals surface area contributed by atoms with E-state index in [1.54, 1.807) is 24.5 Å². The third-order valence-electron chi connectivity index (χ3n) is 3.80. The van der Waals surface area contributed by atoms with Crippen molar-refractivity contribution in [3.8, 4) is 0 Å². The Bertz CT molecular complexity index is 940. The topological polar surface area (TPSA) is 98.0 Å². The van der Waals surface area contributed by atoms with Crippen molar-refractivity contribution in [2.75, 3.05) is 0 Å². The lowest BCUT2D eigenvalue weighted by atomic mass is 10.1. The summed E-state index contributed by atoms with van der Waals surface area (Å²) in [6, 6.07) is 11.7. The maximum atomic E-state index is 12.7. The smallest absolute Gasteiger partial charge is 0.252 e. The summed E-state index contributed by atoms with van der Waals surface area (Å²) < 4.78 is 0.616. The van der Waals surface area contributed by atoms with E-state index in [9.17, 15) is 9.59 Å². The number of nitrogens with two attached hydrogens (primary N) is 1. The minimum atomic E-state index is -0.847. The van der Waals surface area contributed by atoms with Crippen LogP contribution in [0.15, 0.2) is 59.5 Å². The van der Waals surface area contributed by atoms with E-state index >= 15 is 0 Å². The lowest BCUT2D eigenvalue weighted by Crippen LogP contribution is -2.46. The minimum absolute atomic E-state index is 0.249. The number of benzene rings is 1. The van der Waals surface area contributed by atoms with Gasteiger partial charge < -0.3 is 11.1 Å². The zero-order valence-electron chi connectivity index (χ0n) is 13.1. The summed E-state index contributed by atoms with van der Waals surface area (Å²) in [5.41, 5.74) is 7.41. The average Bonchev–Trinajstić information content (AvgIpc) is 2.62. The molecule has 2 heterocycles. The molecule has 0 saturated heterocycles. The zero-order chi connectivity index (χ0) is 17.8. The quantitative estimate of drug-likeness (QED) is 0.643. The van der Waals surface area contributed by atoms with Crippen LogP contribution in [0, 0.1) is 0 Å². The Morgan fingerprint density at radius 3 is 2.64 bits per heavy atom. The van der Waals surface area contributed by atoms with Crippen LogP contribution in [0.5, 0.6) is 0 Å². The molecule has 3 N–H and O–H groups in total. The molecule has 2 aromatic heterocycles. The fourth-order valence-electron chi connectivity index (χ4n) is 2.54. The molecule has 0 aliphatic rings. The van der Waals surface area contributed by atoms with Crippen LogP contribution < -0.4 is 11.1 Å². The highest BCUT2D eigenvalue weighted by Gasteiger charge is 2.21. The molecule has 0 fully saturated rings. The van der Waals surface area contributed by atoms with Gasteiger partial charge in [0, 0.05) is 24.2 Å². The molecule has 1 aromatic carbocycles. The minimum Gasteiger partial charge on any atom is -0.368 e. The van der Waals surface area contributed by atoms with Crippen molar-refractivity contribution >= 4 is 38.6 Å². The summed E-state index contributed by atoms with van der Waals surface area (Å²) in [4.78, 5) is 32.8. The molecular formula is C18H15BrN4O2. The fraction of sp³-hybridized carbons (Fsp3) is 0.111. The monoisotopic (exact) mass is 398 g/mol. The predicted molar refractivity (Wildman–Crippen MR) is 97.8 cm³/mol. The van der Waals surface area contributed by atoms with Crippen molar-refractivity contribution in [2.45, 2.75) is 12.5 Å². The summed E-state index contributed by atoms with van der Waals surface area (Å²) in [6.45, 7) is 0. The SMILES string of the molecule is NC(=O)[C@@H](Cc1cccnc1Br)NC(=O)c1ccnc2ccccc12. The Hall–Kier alpha value is -2.80. The summed E-state index contributed by atoms with van der Waals surface area (Å²) >= 11 is 3.33. The van der Waals surface area contributed by atoms with Crippen LogP contribution in [-0.4, -0.2) is 27.8 Å². The van der Waals surface area contributed by atoms with Crippen LogP contribution in [0.4, 0.5) is 0 Å². The standard InChI is InChI=1S/C18H15BrN4O2/c19-16-11(4-3-8-22-16)10-15(17(20)24)23-18(25)13-7-9-21-14-6-2-1-5-12(13)14/h1-9,15H,10H2,(H2,20,24)(H,23,25)/t15-/m1/s1. The van der Waals surface area contributed by atoms with E-state index < -0.39 is 11.9 Å². The second-order valence-corrected chi connectivity index (χ2v) is 6.21. The number of rotatable bonds is 5. The summed E-state index contributed by atoms with van der Waals surface area (Å²) in [5.74, 6) is -0.982. The number of amides is 2. The maximum absolute atomic E-state index is 12.7. The number of primary amides is 1. The van der Waals surface area contributed by atoms with Crippen LogP contribution in [0.1, 0.15) is 15.9 Å². The van der Waals surface area contributed by atoms with E-state index in [2.05, 4.69) is 31.2 Å². The first kappa shape index (κ1) is 17.0. The highest BCUT2D eigenvalue weighted by atomic mass is 79.9. The lowest BCUT2D eigenvalue weighted by molar-refractivity contribution is -0.119. The highest BCUT2D eigenvalue weighted by Crippen LogP contribution is 2.17. The second kappa shape index (κ2) is 7.40. The number of para-hydroxylation sites is 1. The van der Waals surface area contributed by atoms with Gasteiger partial charge in [-0.2, -0.15) is 0 Å². The summed E-state index contributed by atoms with van der Waals surface area (Å²) in [6.07, 6.45) is 3.45. The molecular weight excluding hydrogens is 384 g/mol. The molecule has 1 atom stereocenters. The van der Waals surface area contributed by atoms with Gasteiger partial charge in [-0.05, 0) is 39.7 Å². The molecule has 0 unspecified atom stereocenters. The highest BCUT2D eigenvalue weighted by molar-refractivity contribution is 9.10. The molecule has 3 rings (SSSR count). The Morgan fingerprint density at radius 1 is 1.08 bits per heavy atom. The Morgan fingerprint density at radius 2 is 1.88 bits per heavy atom. The van der Waals surface area contributed by atoms with Crippen LogP contribution in [0.2, 0.25) is 0 Å². The van der Waals surface area contributed by atoms with Gasteiger partial charge in [0.2, 0.25) is 5.91 Å². The molecule has 126 valence electrons. The number of nitrogens with one attached hydrogen (secondary N) is 1. The van der Waals surface area contributed by atoms with Crippen molar-refractivity contribution in [1.29, 1.82) is 0 Å². The Balaban J connectivity index is 1.86. The van der Waals surface area contributed by atoms with E-state index in [4.69, 9.17) is 5.73 Å². The number of fused-ring (bicyclic) bond motifs is 1. The molecule has 0 bridgehead atoms. The first-order chi connectivity index (χ1) is 12.1. The molecule has 0 saturated carbocycles. The Labute approximate surface area is 152 Å². The van der Waals surface area contributed by atoms with Crippen LogP contribution in [-0.2, 0) is 11.2 Å². The molecule has 0 aliphatic heterocycles. The fourth-order valence-corrected chi connectivity index (χ4v) is 2.96. The van der Waals surface area contributed by atoms with Crippen LogP contribution >= 0.6 is 15.9 Å². The van der Waals surface area contributed by atoms with Crippen molar-refractivity contribution in [1.82, 2.24) is 15.3 Å². The van der Waals surface area contributed by atoms with E-state index in [1.807, 2.05) is 30.3 Å². The van der Waals surface area contributed by atoms with Gasteiger partial charge in [-0.25, -0.2) is 4.98 Å². The number of hydrogen-bond acceptors (Lipinski definition) is 4. The van der Waals surface area contributed by atoms with Gasteiger partial charge in [-0.15, -0.1) is 0 Å². The Kier molecular flexibility index (Phi) is 5.04. The number of halogens is 1. The van der Waals surface area contributed by atoms with Gasteiger partial charge in [-0.3, -0.25) is 14.6 Å². The maximum Gasteiger partial charge on any atom is 0.252 e. The molecule has 3 aromatic rings. The number of pyridine rings is 2. The largest absolute Gasteiger partial charge is 0.368 e. The molecule has 7 heteroatoms. The molecule has 0 spiro atoms. The molecule has 0 radical (unpaired) electrons. The third-order valence-corrected chi connectivity index (χ3v) is 4.52. The predicted octanol–water partition coefficient (Wildman–Crippen LogP) is 2.22. The van der Waals surface area contributed by atoms with Gasteiger partial charge in [-0.1, -0.05) is 24.3 Å². The lowest BCUT2D eigenvalue weighted by Gasteiger charge is -2.16. The van der Waals surface area contributed by atoms with Gasteiger partial charge in [0.05, 0.1) is 11.1 Å². The molecule has 2 amide bonds. The van der Waals surface area contributed by atoms with Crippen LogP contribution in [0.3, 0.4) is 0 Å². The van der Waals surface area contributed by atoms with Gasteiger partial charge >= 0.3 is 0 Å². The van der Waals surface area contributed by atoms with Crippen molar-refractivity contribution in [3.05, 3.63) is 70.6 Å². The van der Waals surface area contributed by atoms with Gasteiger partial charge in [0.25, 0.3) is 5.91 Å². The average molecular weight is 399 g/mol. The number of nitrogens with zero attached hydrogens (tertiary/aromatic N) is 2. The van der Waals surface area contributed by atoms with E-state index in [1.165, 1.54) is 0 Å². The number of carbonyl (C=O) groups is 2. The van der Waals surface area contributed by atoms with Gasteiger partial charge in [0.1, 0.15) is 10.6 Å². The zero-order valence-corrected chi connectivity index (χ0v) is 14.7. The number of hydrogen-bond donors (Lipinski definition) is 2. The number of aromatic nitrogens is 2. The first-order valence-corrected chi connectivity index (χ1v) is 8.39. The van der Waals surface area contributed by atoms with Crippen molar-refractivity contribution < 1.29 is 9.59 Å². The molecule has 0 aliphatic carbocycles. The summed E-state index contributed by atoms with van der Waals surface area (Å²) in [7, 11) is 0. The summed E-state index contributed by atoms with van der Waals surface area (Å²) in [5, 5.41) is 3.43. The van der Waals surface area contributed by atoms with Gasteiger partial charge in [0.15, 0.2) is 0 Å². The second-order valence-electron chi connectivity index (χ2n) is 5.46. The van der Waals surface area contributed by atoms with E-state index in [-0.39, 0.29) is 12.3 Å².